The van der Waals surface area contributed by atoms with E-state index in [0.717, 1.165) is 38.5 Å². The number of hydrogen-bond donors (Lipinski definition) is 3. The quantitative estimate of drug-likeness (QED) is 0.0318. The highest BCUT2D eigenvalue weighted by atomic mass is 31.2. The predicted octanol–water partition coefficient (Wildman–Crippen LogP) is 21.6. The Morgan fingerprint density at radius 1 is 0.395 bits per heavy atom. The van der Waals surface area contributed by atoms with E-state index in [0.29, 0.717) is 23.9 Å². The predicted molar refractivity (Wildman–Crippen MR) is 332 cm³/mol. The van der Waals surface area contributed by atoms with Gasteiger partial charge in [0.25, 0.3) is 0 Å². The largest absolute Gasteiger partial charge is 0.472 e. The Balaban J connectivity index is 3.91. The molecule has 76 heavy (non-hydrogen) atoms. The van der Waals surface area contributed by atoms with Crippen LogP contribution in [0.3, 0.4) is 0 Å². The molecule has 0 aromatic carbocycles. The number of rotatable bonds is 65. The Kier molecular flexibility index (Phi) is 58.7. The van der Waals surface area contributed by atoms with E-state index in [4.69, 9.17) is 9.05 Å². The van der Waals surface area contributed by atoms with Gasteiger partial charge in [0, 0.05) is 6.42 Å². The first kappa shape index (κ1) is 75.5. The molecule has 3 atom stereocenters. The number of hydrogen-bond acceptors (Lipinski definition) is 5. The molecule has 0 aliphatic rings. The summed E-state index contributed by atoms with van der Waals surface area (Å²) in [6.45, 7) is 4.96. The van der Waals surface area contributed by atoms with Crippen LogP contribution in [0.4, 0.5) is 0 Å². The highest BCUT2D eigenvalue weighted by Crippen LogP contribution is 2.43. The van der Waals surface area contributed by atoms with Crippen LogP contribution in [0, 0.1) is 0 Å². The maximum Gasteiger partial charge on any atom is 0.472 e. The van der Waals surface area contributed by atoms with E-state index in [-0.39, 0.29) is 19.1 Å². The van der Waals surface area contributed by atoms with Crippen molar-refractivity contribution in [3.05, 3.63) is 0 Å². The fourth-order valence-electron chi connectivity index (χ4n) is 11.0. The minimum atomic E-state index is -4.32. The molecule has 1 amide bonds. The highest BCUT2D eigenvalue weighted by Gasteiger charge is 2.28. The summed E-state index contributed by atoms with van der Waals surface area (Å²) in [6.07, 6.45) is 73.5. The summed E-state index contributed by atoms with van der Waals surface area (Å²) >= 11 is 0. The lowest BCUT2D eigenvalue weighted by atomic mass is 10.0. The highest BCUT2D eigenvalue weighted by molar-refractivity contribution is 7.47. The van der Waals surface area contributed by atoms with Gasteiger partial charge in [0.2, 0.25) is 5.91 Å². The van der Waals surface area contributed by atoms with Crippen LogP contribution in [0.15, 0.2) is 0 Å². The number of nitrogens with zero attached hydrogens (tertiary/aromatic N) is 1. The van der Waals surface area contributed by atoms with Crippen molar-refractivity contribution in [3.63, 3.8) is 0 Å². The summed E-state index contributed by atoms with van der Waals surface area (Å²) in [5.41, 5.74) is 0. The molecule has 0 spiro atoms. The maximum atomic E-state index is 13.1. The lowest BCUT2D eigenvalue weighted by Crippen LogP contribution is -2.46. The van der Waals surface area contributed by atoms with Gasteiger partial charge in [0.15, 0.2) is 0 Å². The third-order valence-corrected chi connectivity index (χ3v) is 17.3. The molecule has 0 aliphatic heterocycles. The number of carbonyl (C=O) groups excluding carboxylic acids is 1. The molecular weight excluding hydrogens is 960 g/mol. The van der Waals surface area contributed by atoms with Crippen molar-refractivity contribution in [3.8, 4) is 0 Å². The second kappa shape index (κ2) is 59.1. The number of amides is 1. The molecule has 0 fully saturated rings. The number of phosphoric ester groups is 1. The molecule has 0 aromatic rings. The third-order valence-electron chi connectivity index (χ3n) is 16.4. The summed E-state index contributed by atoms with van der Waals surface area (Å²) in [5, 5.41) is 14.1. The maximum absolute atomic E-state index is 13.1. The first-order valence-electron chi connectivity index (χ1n) is 34.4. The van der Waals surface area contributed by atoms with Crippen LogP contribution in [0.25, 0.3) is 0 Å². The molecule has 0 aromatic heterocycles. The Morgan fingerprint density at radius 3 is 0.882 bits per heavy atom. The number of nitrogens with one attached hydrogen (secondary N) is 1. The van der Waals surface area contributed by atoms with E-state index in [2.05, 4.69) is 19.2 Å². The first-order valence-corrected chi connectivity index (χ1v) is 35.9. The van der Waals surface area contributed by atoms with Gasteiger partial charge >= 0.3 is 7.82 Å². The minimum Gasteiger partial charge on any atom is -0.391 e. The average molecular weight is 1100 g/mol. The monoisotopic (exact) mass is 1100 g/mol. The lowest BCUT2D eigenvalue weighted by Gasteiger charge is -2.26. The number of carbonyl (C=O) groups is 1. The third kappa shape index (κ3) is 61.1. The van der Waals surface area contributed by atoms with Crippen molar-refractivity contribution < 1.29 is 32.9 Å². The van der Waals surface area contributed by atoms with Crippen molar-refractivity contribution in [2.45, 2.75) is 386 Å². The van der Waals surface area contributed by atoms with Crippen LogP contribution >= 0.6 is 7.82 Å². The van der Waals surface area contributed by atoms with Gasteiger partial charge in [0.05, 0.1) is 39.9 Å². The lowest BCUT2D eigenvalue weighted by molar-refractivity contribution is -0.870. The molecule has 3 N–H and O–H groups in total. The zero-order valence-electron chi connectivity index (χ0n) is 52.3. The van der Waals surface area contributed by atoms with Crippen LogP contribution in [0.2, 0.25) is 0 Å². The van der Waals surface area contributed by atoms with Gasteiger partial charge in [-0.3, -0.25) is 13.8 Å². The van der Waals surface area contributed by atoms with Crippen molar-refractivity contribution in [1.82, 2.24) is 5.32 Å². The van der Waals surface area contributed by atoms with Gasteiger partial charge in [-0.05, 0) is 12.8 Å². The summed E-state index contributed by atoms with van der Waals surface area (Å²) in [4.78, 5) is 23.4. The number of aliphatic hydroxyl groups excluding tert-OH is 1. The summed E-state index contributed by atoms with van der Waals surface area (Å²) in [7, 11) is 1.64. The minimum absolute atomic E-state index is 0.0793. The van der Waals surface area contributed by atoms with Crippen LogP contribution in [-0.4, -0.2) is 73.4 Å². The van der Waals surface area contributed by atoms with Gasteiger partial charge in [-0.25, -0.2) is 4.57 Å². The average Bonchev–Trinajstić information content (AvgIpc) is 3.38. The molecule has 0 saturated heterocycles. The number of aliphatic hydroxyl groups is 1. The van der Waals surface area contributed by atoms with E-state index in [1.807, 2.05) is 21.1 Å². The topological polar surface area (TPSA) is 105 Å². The van der Waals surface area contributed by atoms with Gasteiger partial charge in [-0.15, -0.1) is 0 Å². The SMILES string of the molecule is CCCCCCCCCCCCCCCCCCCCCCCCCCCCCCCCCCCCCC(=O)NC(COP(=O)(O)OCC[N+](C)(C)C)C(O)CCCCCCCCCCCCCCCCCCCCC. The Labute approximate surface area is 476 Å². The van der Waals surface area contributed by atoms with Crippen LogP contribution in [0.1, 0.15) is 373 Å². The number of quaternary nitrogens is 1. The number of likely N-dealkylation sites (N-methyl/N-ethyl adjacent to an activating group) is 1. The summed E-state index contributed by atoms with van der Waals surface area (Å²) in [5.74, 6) is -0.134. The molecule has 0 bridgehead atoms. The molecule has 0 heterocycles. The van der Waals surface area contributed by atoms with Gasteiger partial charge < -0.3 is 19.8 Å². The van der Waals surface area contributed by atoms with E-state index in [1.165, 1.54) is 308 Å². The van der Waals surface area contributed by atoms with Crippen molar-refractivity contribution in [1.29, 1.82) is 0 Å². The number of phosphoric acid groups is 1. The van der Waals surface area contributed by atoms with Crippen LogP contribution < -0.4 is 5.32 Å². The van der Waals surface area contributed by atoms with E-state index in [9.17, 15) is 19.4 Å². The molecule has 8 nitrogen and oxygen atoms in total. The molecule has 0 radical (unpaired) electrons. The van der Waals surface area contributed by atoms with Crippen LogP contribution in [0.5, 0.6) is 0 Å². The van der Waals surface area contributed by atoms with E-state index in [1.54, 1.807) is 0 Å². The fraction of sp³-hybridized carbons (Fsp3) is 0.985. The second-order valence-corrected chi connectivity index (χ2v) is 26.7. The molecule has 0 aliphatic carbocycles. The second-order valence-electron chi connectivity index (χ2n) is 25.3. The zero-order chi connectivity index (χ0) is 55.6. The van der Waals surface area contributed by atoms with Crippen molar-refractivity contribution in [2.24, 2.45) is 0 Å². The molecule has 3 unspecified atom stereocenters. The van der Waals surface area contributed by atoms with Gasteiger partial charge in [-0.2, -0.15) is 0 Å². The summed E-state index contributed by atoms with van der Waals surface area (Å²) in [6, 6.07) is -0.756. The normalized spacial score (nSPS) is 13.6. The molecule has 0 saturated carbocycles. The number of unbranched alkanes of at least 4 members (excludes halogenated alkanes) is 52. The Bertz CT molecular complexity index is 1200. The standard InChI is InChI=1S/C67H137N2O6P/c1-6-8-10-12-14-16-18-20-22-24-26-27-28-29-30-31-32-33-34-35-36-37-38-39-40-41-43-45-47-49-51-53-55-57-59-61-67(71)68-65(64-75-76(72,73)74-63-62-69(3,4)5)66(70)60-58-56-54-52-50-48-46-44-42-25-23-21-19-17-15-13-11-9-7-2/h65-66,70H,6-64H2,1-5H3,(H-,68,71,72,73)/p+1. The Morgan fingerprint density at radius 2 is 0.632 bits per heavy atom. The molecule has 0 rings (SSSR count). The van der Waals surface area contributed by atoms with E-state index >= 15 is 0 Å². The molecule has 9 heteroatoms. The van der Waals surface area contributed by atoms with E-state index < -0.39 is 20.0 Å². The smallest absolute Gasteiger partial charge is 0.391 e. The molecule has 456 valence electrons. The van der Waals surface area contributed by atoms with Crippen molar-refractivity contribution in [2.75, 3.05) is 40.9 Å². The van der Waals surface area contributed by atoms with Gasteiger partial charge in [0.1, 0.15) is 13.2 Å². The Hall–Kier alpha value is -0.500. The molecular formula is C67H138N2O6P+. The fourth-order valence-corrected chi connectivity index (χ4v) is 11.7. The van der Waals surface area contributed by atoms with Crippen LogP contribution in [-0.2, 0) is 18.4 Å². The summed E-state index contributed by atoms with van der Waals surface area (Å²) < 4.78 is 23.9. The van der Waals surface area contributed by atoms with Crippen molar-refractivity contribution >= 4 is 13.7 Å². The first-order chi connectivity index (χ1) is 37.0. The zero-order valence-corrected chi connectivity index (χ0v) is 53.2. The van der Waals surface area contributed by atoms with Gasteiger partial charge in [-0.1, -0.05) is 354 Å².